The van der Waals surface area contributed by atoms with E-state index in [1.54, 1.807) is 18.5 Å². The molecule has 0 saturated carbocycles. The van der Waals surface area contributed by atoms with Crippen molar-refractivity contribution in [3.05, 3.63) is 53.4 Å². The van der Waals surface area contributed by atoms with E-state index in [4.69, 9.17) is 16.7 Å². The number of nitriles is 1. The van der Waals surface area contributed by atoms with Gasteiger partial charge >= 0.3 is 0 Å². The summed E-state index contributed by atoms with van der Waals surface area (Å²) in [5.41, 5.74) is 17.8. The third-order valence-electron chi connectivity index (χ3n) is 3.95. The summed E-state index contributed by atoms with van der Waals surface area (Å²) in [6, 6.07) is 8.45. The van der Waals surface area contributed by atoms with Gasteiger partial charge in [0, 0.05) is 6.08 Å². The summed E-state index contributed by atoms with van der Waals surface area (Å²) in [5.74, 6) is 0.567. The van der Waals surface area contributed by atoms with E-state index < -0.39 is 0 Å². The molecule has 3 nitrogen and oxygen atoms in total. The van der Waals surface area contributed by atoms with Crippen molar-refractivity contribution >= 4 is 16.7 Å². The van der Waals surface area contributed by atoms with Crippen LogP contribution in [0.5, 0.6) is 0 Å². The molecule has 0 fully saturated rings. The minimum absolute atomic E-state index is 0.254. The van der Waals surface area contributed by atoms with Gasteiger partial charge in [0.2, 0.25) is 0 Å². The van der Waals surface area contributed by atoms with Gasteiger partial charge in [-0.15, -0.1) is 0 Å². The van der Waals surface area contributed by atoms with Gasteiger partial charge in [-0.05, 0) is 82.8 Å². The van der Waals surface area contributed by atoms with Gasteiger partial charge in [-0.2, -0.15) is 5.26 Å². The van der Waals surface area contributed by atoms with E-state index in [0.29, 0.717) is 5.92 Å². The monoisotopic (exact) mass is 309 g/mol. The lowest BCUT2D eigenvalue weighted by atomic mass is 9.87. The molecule has 3 heteroatoms. The molecule has 0 unspecified atom stereocenters. The predicted octanol–water partition coefficient (Wildman–Crippen LogP) is 4.52. The third kappa shape index (κ3) is 4.50. The first-order valence-corrected chi connectivity index (χ1v) is 7.91. The van der Waals surface area contributed by atoms with Crippen LogP contribution in [-0.2, 0) is 0 Å². The van der Waals surface area contributed by atoms with Crippen molar-refractivity contribution in [2.75, 3.05) is 0 Å². The first kappa shape index (κ1) is 18.6. The molecule has 1 aromatic carbocycles. The summed E-state index contributed by atoms with van der Waals surface area (Å²) in [5, 5.41) is 9.10. The largest absolute Gasteiger partial charge is 0.404 e. The Morgan fingerprint density at radius 2 is 1.39 bits per heavy atom. The van der Waals surface area contributed by atoms with Gasteiger partial charge in [-0.1, -0.05) is 27.7 Å². The smallest absolute Gasteiger partial charge is 0.0915 e. The second kappa shape index (κ2) is 8.24. The van der Waals surface area contributed by atoms with Crippen molar-refractivity contribution in [3.63, 3.8) is 0 Å². The van der Waals surface area contributed by atoms with Crippen LogP contribution in [0.4, 0.5) is 0 Å². The maximum Gasteiger partial charge on any atom is 0.0915 e. The molecule has 0 spiro atoms. The van der Waals surface area contributed by atoms with E-state index in [-0.39, 0.29) is 5.92 Å². The summed E-state index contributed by atoms with van der Waals surface area (Å²) in [6.07, 6.45) is 4.89. The number of allylic oxidation sites excluding steroid dienone is 4. The molecule has 0 bridgehead atoms. The topological polar surface area (TPSA) is 75.8 Å². The summed E-state index contributed by atoms with van der Waals surface area (Å²) in [6.45, 7) is 10.4. The van der Waals surface area contributed by atoms with Gasteiger partial charge < -0.3 is 11.5 Å². The molecule has 122 valence electrons. The standard InChI is InChI=1S/C20H27N3/c1-13(2)19(6-7-21)17-8-16(15(5)11-22)9-18(10-17)20(12-23)14(3)4/h6,8-14H,22-23H2,1-5H3/b15-11+,19-6+,20-12+. The molecule has 0 atom stereocenters. The lowest BCUT2D eigenvalue weighted by Gasteiger charge is -2.18. The normalized spacial score (nSPS) is 13.6. The summed E-state index contributed by atoms with van der Waals surface area (Å²) in [7, 11) is 0. The number of hydrogen-bond acceptors (Lipinski definition) is 3. The number of benzene rings is 1. The van der Waals surface area contributed by atoms with Crippen molar-refractivity contribution < 1.29 is 0 Å². The molecular weight excluding hydrogens is 282 g/mol. The van der Waals surface area contributed by atoms with Gasteiger partial charge in [0.1, 0.15) is 0 Å². The highest BCUT2D eigenvalue weighted by molar-refractivity contribution is 5.79. The minimum atomic E-state index is 0.254. The highest BCUT2D eigenvalue weighted by atomic mass is 14.5. The molecule has 0 aliphatic rings. The second-order valence-electron chi connectivity index (χ2n) is 6.31. The molecule has 0 heterocycles. The maximum atomic E-state index is 9.10. The van der Waals surface area contributed by atoms with Crippen LogP contribution in [0, 0.1) is 23.2 Å². The van der Waals surface area contributed by atoms with Crippen molar-refractivity contribution in [3.8, 4) is 6.07 Å². The third-order valence-corrected chi connectivity index (χ3v) is 3.95. The lowest BCUT2D eigenvalue weighted by Crippen LogP contribution is -2.02. The molecule has 0 amide bonds. The first-order valence-electron chi connectivity index (χ1n) is 7.91. The van der Waals surface area contributed by atoms with Gasteiger partial charge in [0.25, 0.3) is 0 Å². The average Bonchev–Trinajstić information content (AvgIpc) is 2.51. The zero-order chi connectivity index (χ0) is 17.6. The van der Waals surface area contributed by atoms with E-state index in [1.807, 2.05) is 6.92 Å². The fraction of sp³-hybridized carbons (Fsp3) is 0.350. The molecule has 0 aliphatic heterocycles. The average molecular weight is 309 g/mol. The van der Waals surface area contributed by atoms with E-state index in [0.717, 1.165) is 33.4 Å². The van der Waals surface area contributed by atoms with E-state index in [2.05, 4.69) is 52.0 Å². The molecule has 0 saturated heterocycles. The molecule has 1 rings (SSSR count). The van der Waals surface area contributed by atoms with Gasteiger partial charge in [-0.25, -0.2) is 0 Å². The number of hydrogen-bond donors (Lipinski definition) is 2. The van der Waals surface area contributed by atoms with Crippen LogP contribution in [0.3, 0.4) is 0 Å². The molecular formula is C20H27N3. The Balaban J connectivity index is 3.66. The second-order valence-corrected chi connectivity index (χ2v) is 6.31. The fourth-order valence-corrected chi connectivity index (χ4v) is 2.56. The SMILES string of the molecule is C/C(=C\N)c1cc(/C(=C/N)C(C)C)cc(/C(=C/C#N)C(C)C)c1. The van der Waals surface area contributed by atoms with Gasteiger partial charge in [0.15, 0.2) is 0 Å². The summed E-state index contributed by atoms with van der Waals surface area (Å²) < 4.78 is 0. The molecule has 4 N–H and O–H groups in total. The zero-order valence-electron chi connectivity index (χ0n) is 14.7. The minimum Gasteiger partial charge on any atom is -0.404 e. The Bertz CT molecular complexity index is 683. The number of rotatable bonds is 5. The van der Waals surface area contributed by atoms with Gasteiger partial charge in [0.05, 0.1) is 6.07 Å². The van der Waals surface area contributed by atoms with Crippen LogP contribution >= 0.6 is 0 Å². The van der Waals surface area contributed by atoms with Crippen molar-refractivity contribution in [2.45, 2.75) is 34.6 Å². The Hall–Kier alpha value is -2.47. The van der Waals surface area contributed by atoms with Crippen LogP contribution < -0.4 is 11.5 Å². The van der Waals surface area contributed by atoms with Crippen LogP contribution in [0.15, 0.2) is 36.7 Å². The Kier molecular flexibility index (Phi) is 6.65. The van der Waals surface area contributed by atoms with E-state index in [1.165, 1.54) is 0 Å². The van der Waals surface area contributed by atoms with Crippen molar-refractivity contribution in [1.29, 1.82) is 5.26 Å². The Morgan fingerprint density at radius 1 is 0.913 bits per heavy atom. The number of nitrogens with two attached hydrogens (primary N) is 2. The molecule has 0 aliphatic carbocycles. The predicted molar refractivity (Wildman–Crippen MR) is 99.7 cm³/mol. The maximum absolute atomic E-state index is 9.10. The van der Waals surface area contributed by atoms with Crippen LogP contribution in [0.1, 0.15) is 51.3 Å². The lowest BCUT2D eigenvalue weighted by molar-refractivity contribution is 0.849. The molecule has 1 aromatic rings. The van der Waals surface area contributed by atoms with Crippen molar-refractivity contribution in [2.24, 2.45) is 23.3 Å². The quantitative estimate of drug-likeness (QED) is 0.785. The van der Waals surface area contributed by atoms with Gasteiger partial charge in [-0.3, -0.25) is 0 Å². The zero-order valence-corrected chi connectivity index (χ0v) is 14.7. The van der Waals surface area contributed by atoms with Crippen molar-refractivity contribution in [1.82, 2.24) is 0 Å². The van der Waals surface area contributed by atoms with E-state index >= 15 is 0 Å². The van der Waals surface area contributed by atoms with E-state index in [9.17, 15) is 0 Å². The van der Waals surface area contributed by atoms with Crippen LogP contribution in [0.2, 0.25) is 0 Å². The summed E-state index contributed by atoms with van der Waals surface area (Å²) >= 11 is 0. The highest BCUT2D eigenvalue weighted by Gasteiger charge is 2.13. The van der Waals surface area contributed by atoms with Crippen LogP contribution in [0.25, 0.3) is 16.7 Å². The summed E-state index contributed by atoms with van der Waals surface area (Å²) in [4.78, 5) is 0. The Labute approximate surface area is 140 Å². The molecule has 0 aromatic heterocycles. The first-order chi connectivity index (χ1) is 10.8. The Morgan fingerprint density at radius 3 is 1.78 bits per heavy atom. The number of nitrogens with zero attached hydrogens (tertiary/aromatic N) is 1. The fourth-order valence-electron chi connectivity index (χ4n) is 2.56. The highest BCUT2D eigenvalue weighted by Crippen LogP contribution is 2.31. The molecule has 23 heavy (non-hydrogen) atoms. The molecule has 0 radical (unpaired) electrons. The van der Waals surface area contributed by atoms with Crippen LogP contribution in [-0.4, -0.2) is 0 Å².